The molecule has 0 fully saturated rings. The fourth-order valence-electron chi connectivity index (χ4n) is 0.922. The molecule has 6 nitrogen and oxygen atoms in total. The lowest BCUT2D eigenvalue weighted by atomic mass is 10.1. The van der Waals surface area contributed by atoms with Gasteiger partial charge < -0.3 is 10.2 Å². The van der Waals surface area contributed by atoms with Gasteiger partial charge in [-0.1, -0.05) is 0 Å². The average molecular weight is 279 g/mol. The summed E-state index contributed by atoms with van der Waals surface area (Å²) >= 11 is 0.667. The lowest BCUT2D eigenvalue weighted by Crippen LogP contribution is -2.37. The van der Waals surface area contributed by atoms with Gasteiger partial charge in [0.1, 0.15) is 9.09 Å². The molecule has 0 atom stereocenters. The van der Waals surface area contributed by atoms with E-state index in [0.717, 1.165) is 0 Å². The zero-order chi connectivity index (χ0) is 13.3. The summed E-state index contributed by atoms with van der Waals surface area (Å²) in [7, 11) is -3.76. The Morgan fingerprint density at radius 1 is 1.47 bits per heavy atom. The van der Waals surface area contributed by atoms with Crippen molar-refractivity contribution in [3.05, 3.63) is 17.0 Å². The normalized spacial score (nSPS) is 12.6. The highest BCUT2D eigenvalue weighted by molar-refractivity contribution is 7.91. The quantitative estimate of drug-likeness (QED) is 0.728. The molecule has 0 aromatic carbocycles. The highest BCUT2D eigenvalue weighted by Gasteiger charge is 2.22. The van der Waals surface area contributed by atoms with Crippen LogP contribution in [-0.4, -0.2) is 36.7 Å². The van der Waals surface area contributed by atoms with Crippen LogP contribution < -0.4 is 4.72 Å². The van der Waals surface area contributed by atoms with Crippen LogP contribution in [0.5, 0.6) is 0 Å². The lowest BCUT2D eigenvalue weighted by molar-refractivity contribution is 0.0702. The Kier molecular flexibility index (Phi) is 3.92. The number of aromatic carboxylic acids is 1. The molecule has 3 N–H and O–H groups in total. The number of carboxylic acid groups (broad SMARTS) is 1. The van der Waals surface area contributed by atoms with E-state index < -0.39 is 21.6 Å². The van der Waals surface area contributed by atoms with Crippen molar-refractivity contribution >= 4 is 27.3 Å². The van der Waals surface area contributed by atoms with Crippen LogP contribution in [0, 0.1) is 0 Å². The van der Waals surface area contributed by atoms with Crippen LogP contribution >= 0.6 is 11.3 Å². The van der Waals surface area contributed by atoms with Crippen molar-refractivity contribution in [2.75, 3.05) is 6.54 Å². The van der Waals surface area contributed by atoms with Crippen LogP contribution in [0.4, 0.5) is 0 Å². The first kappa shape index (κ1) is 14.1. The Hall–Kier alpha value is -0.960. The molecule has 1 aromatic heterocycles. The molecule has 96 valence electrons. The second-order valence-corrected chi connectivity index (χ2v) is 7.14. The standard InChI is InChI=1S/C9H13NO5S2/c1-9(2,13)5-10-17(14,15)7-4-3-6(16-7)8(11)12/h3-4,10,13H,5H2,1-2H3,(H,11,12). The highest BCUT2D eigenvalue weighted by Crippen LogP contribution is 2.21. The molecule has 1 rings (SSSR count). The van der Waals surface area contributed by atoms with Crippen molar-refractivity contribution in [1.82, 2.24) is 4.72 Å². The van der Waals surface area contributed by atoms with Gasteiger partial charge >= 0.3 is 5.97 Å². The van der Waals surface area contributed by atoms with Crippen molar-refractivity contribution in [3.8, 4) is 0 Å². The molecule has 0 spiro atoms. The predicted octanol–water partition coefficient (Wildman–Crippen LogP) is 0.496. The van der Waals surface area contributed by atoms with Gasteiger partial charge in [0.2, 0.25) is 10.0 Å². The maximum Gasteiger partial charge on any atom is 0.345 e. The van der Waals surface area contributed by atoms with Crippen molar-refractivity contribution in [2.24, 2.45) is 0 Å². The van der Waals surface area contributed by atoms with Gasteiger partial charge in [-0.15, -0.1) is 11.3 Å². The topological polar surface area (TPSA) is 104 Å². The Bertz CT molecular complexity index is 512. The van der Waals surface area contributed by atoms with Gasteiger partial charge in [0.05, 0.1) is 5.60 Å². The number of sulfonamides is 1. The summed E-state index contributed by atoms with van der Waals surface area (Å²) in [6.45, 7) is 2.79. The number of rotatable bonds is 5. The first-order valence-electron chi connectivity index (χ1n) is 4.67. The molecule has 0 aliphatic heterocycles. The minimum Gasteiger partial charge on any atom is -0.477 e. The molecule has 8 heteroatoms. The largest absolute Gasteiger partial charge is 0.477 e. The minimum atomic E-state index is -3.76. The third-order valence-electron chi connectivity index (χ3n) is 1.75. The Morgan fingerprint density at radius 2 is 2.06 bits per heavy atom. The molecular weight excluding hydrogens is 266 g/mol. The molecule has 0 saturated carbocycles. The number of hydrogen-bond acceptors (Lipinski definition) is 5. The fraction of sp³-hybridized carbons (Fsp3) is 0.444. The van der Waals surface area contributed by atoms with Crippen molar-refractivity contribution in [1.29, 1.82) is 0 Å². The summed E-state index contributed by atoms with van der Waals surface area (Å²) in [6, 6.07) is 2.45. The lowest BCUT2D eigenvalue weighted by Gasteiger charge is -2.17. The van der Waals surface area contributed by atoms with E-state index in [9.17, 15) is 18.3 Å². The number of aliphatic hydroxyl groups is 1. The van der Waals surface area contributed by atoms with Crippen molar-refractivity contribution < 1.29 is 23.4 Å². The van der Waals surface area contributed by atoms with Crippen LogP contribution in [-0.2, 0) is 10.0 Å². The first-order valence-corrected chi connectivity index (χ1v) is 6.97. The van der Waals surface area contributed by atoms with Gasteiger partial charge in [0.25, 0.3) is 0 Å². The monoisotopic (exact) mass is 279 g/mol. The second kappa shape index (κ2) is 4.73. The van der Waals surface area contributed by atoms with Gasteiger partial charge in [-0.3, -0.25) is 0 Å². The first-order chi connectivity index (χ1) is 7.62. The SMILES string of the molecule is CC(C)(O)CNS(=O)(=O)c1ccc(C(=O)O)s1. The number of carboxylic acids is 1. The summed E-state index contributed by atoms with van der Waals surface area (Å²) in [5, 5.41) is 18.1. The molecule has 0 bridgehead atoms. The summed E-state index contributed by atoms with van der Waals surface area (Å²) < 4.78 is 25.5. The van der Waals surface area contributed by atoms with E-state index in [2.05, 4.69) is 4.72 Å². The average Bonchev–Trinajstić information content (AvgIpc) is 2.63. The predicted molar refractivity (Wildman–Crippen MR) is 62.8 cm³/mol. The summed E-state index contributed by atoms with van der Waals surface area (Å²) in [6.07, 6.45) is 0. The van der Waals surface area contributed by atoms with Crippen molar-refractivity contribution in [3.63, 3.8) is 0 Å². The molecule has 0 saturated heterocycles. The third-order valence-corrected chi connectivity index (χ3v) is 4.72. The molecule has 0 amide bonds. The molecule has 0 unspecified atom stereocenters. The zero-order valence-corrected chi connectivity index (χ0v) is 10.9. The van der Waals surface area contributed by atoms with E-state index >= 15 is 0 Å². The Balaban J connectivity index is 2.86. The van der Waals surface area contributed by atoms with Gasteiger partial charge in [-0.2, -0.15) is 0 Å². The maximum atomic E-state index is 11.7. The fourth-order valence-corrected chi connectivity index (χ4v) is 3.32. The molecule has 0 aliphatic carbocycles. The molecule has 1 heterocycles. The second-order valence-electron chi connectivity index (χ2n) is 4.06. The molecule has 1 aromatic rings. The van der Waals surface area contributed by atoms with E-state index in [-0.39, 0.29) is 15.6 Å². The van der Waals surface area contributed by atoms with Crippen LogP contribution in [0.25, 0.3) is 0 Å². The van der Waals surface area contributed by atoms with Crippen LogP contribution in [0.3, 0.4) is 0 Å². The molecule has 0 radical (unpaired) electrons. The third kappa shape index (κ3) is 4.08. The number of nitrogens with one attached hydrogen (secondary N) is 1. The number of thiophene rings is 1. The van der Waals surface area contributed by atoms with E-state index in [4.69, 9.17) is 5.11 Å². The molecular formula is C9H13NO5S2. The summed E-state index contributed by atoms with van der Waals surface area (Å²) in [4.78, 5) is 10.6. The summed E-state index contributed by atoms with van der Waals surface area (Å²) in [5.74, 6) is -1.17. The van der Waals surface area contributed by atoms with E-state index in [1.54, 1.807) is 0 Å². The summed E-state index contributed by atoms with van der Waals surface area (Å²) in [5.41, 5.74) is -1.17. The maximum absolute atomic E-state index is 11.7. The number of hydrogen-bond donors (Lipinski definition) is 3. The molecule has 0 aliphatic rings. The van der Waals surface area contributed by atoms with Crippen LogP contribution in [0.1, 0.15) is 23.5 Å². The Labute approximate surface area is 103 Å². The zero-order valence-electron chi connectivity index (χ0n) is 9.30. The van der Waals surface area contributed by atoms with E-state index in [1.165, 1.54) is 26.0 Å². The van der Waals surface area contributed by atoms with Gasteiger partial charge in [0.15, 0.2) is 0 Å². The van der Waals surface area contributed by atoms with E-state index in [1.807, 2.05) is 0 Å². The molecule has 17 heavy (non-hydrogen) atoms. The van der Waals surface area contributed by atoms with Gasteiger partial charge in [-0.05, 0) is 26.0 Å². The Morgan fingerprint density at radius 3 is 2.47 bits per heavy atom. The smallest absolute Gasteiger partial charge is 0.345 e. The van der Waals surface area contributed by atoms with Crippen molar-refractivity contribution in [2.45, 2.75) is 23.7 Å². The number of carbonyl (C=O) groups is 1. The van der Waals surface area contributed by atoms with Crippen LogP contribution in [0.2, 0.25) is 0 Å². The van der Waals surface area contributed by atoms with E-state index in [0.29, 0.717) is 11.3 Å². The highest BCUT2D eigenvalue weighted by atomic mass is 32.2. The van der Waals surface area contributed by atoms with Crippen LogP contribution in [0.15, 0.2) is 16.3 Å². The van der Waals surface area contributed by atoms with Gasteiger partial charge in [0, 0.05) is 6.54 Å². The van der Waals surface area contributed by atoms with Gasteiger partial charge in [-0.25, -0.2) is 17.9 Å². The minimum absolute atomic E-state index is 0.0476.